The molecular weight excluding hydrogens is 285 g/mol. The molecule has 0 saturated carbocycles. The van der Waals surface area contributed by atoms with E-state index < -0.39 is 30.7 Å². The molecule has 0 amide bonds. The number of hydrogen-bond acceptors (Lipinski definition) is 6. The number of rotatable bonds is 6. The van der Waals surface area contributed by atoms with Gasteiger partial charge in [0.05, 0.1) is 0 Å². The minimum atomic E-state index is -1.51. The number of nitrogens with zero attached hydrogens (tertiary/aromatic N) is 1. The normalized spacial score (nSPS) is 37.2. The summed E-state index contributed by atoms with van der Waals surface area (Å²) in [5, 5.41) is 38.1. The third-order valence-electron chi connectivity index (χ3n) is 2.93. The van der Waals surface area contributed by atoms with Crippen molar-refractivity contribution in [2.24, 2.45) is 0 Å². The molecule has 1 heterocycles. The third kappa shape index (κ3) is 4.18. The highest BCUT2D eigenvalue weighted by molar-refractivity contribution is 6.18. The molecule has 1 aliphatic heterocycles. The predicted octanol–water partition coefficient (Wildman–Crippen LogP) is -1.43. The molecule has 108 valence electrons. The molecule has 1 fully saturated rings. The average Bonchev–Trinajstić information content (AvgIpc) is 2.34. The zero-order chi connectivity index (χ0) is 13.7. The van der Waals surface area contributed by atoms with Gasteiger partial charge in [-0.3, -0.25) is 4.90 Å². The minimum absolute atomic E-state index is 0.265. The van der Waals surface area contributed by atoms with Crippen molar-refractivity contribution in [3.63, 3.8) is 0 Å². The maximum absolute atomic E-state index is 9.77. The van der Waals surface area contributed by atoms with Gasteiger partial charge in [-0.25, -0.2) is 0 Å². The average molecular weight is 304 g/mol. The van der Waals surface area contributed by atoms with Crippen LogP contribution in [0, 0.1) is 0 Å². The van der Waals surface area contributed by atoms with Gasteiger partial charge in [-0.2, -0.15) is 0 Å². The van der Waals surface area contributed by atoms with Gasteiger partial charge in [0.1, 0.15) is 24.4 Å². The van der Waals surface area contributed by atoms with Gasteiger partial charge >= 0.3 is 0 Å². The quantitative estimate of drug-likeness (QED) is 0.450. The number of halogens is 2. The van der Waals surface area contributed by atoms with Crippen LogP contribution in [0.4, 0.5) is 0 Å². The van der Waals surface area contributed by atoms with Gasteiger partial charge in [-0.05, 0) is 0 Å². The lowest BCUT2D eigenvalue weighted by Gasteiger charge is -2.40. The number of aliphatic hydroxyl groups excluding tert-OH is 4. The van der Waals surface area contributed by atoms with E-state index in [-0.39, 0.29) is 6.54 Å². The first-order chi connectivity index (χ1) is 8.51. The number of hydrogen-bond donors (Lipinski definition) is 4. The fourth-order valence-electron chi connectivity index (χ4n) is 1.87. The van der Waals surface area contributed by atoms with Crippen LogP contribution in [0.25, 0.3) is 0 Å². The fourth-order valence-corrected chi connectivity index (χ4v) is 2.35. The van der Waals surface area contributed by atoms with Crippen LogP contribution in [0.5, 0.6) is 0 Å². The maximum Gasteiger partial charge on any atom is 0.184 e. The Kier molecular flexibility index (Phi) is 7.12. The van der Waals surface area contributed by atoms with E-state index in [4.69, 9.17) is 27.9 Å². The molecule has 1 rings (SSSR count). The van der Waals surface area contributed by atoms with Gasteiger partial charge in [0.25, 0.3) is 0 Å². The Bertz CT molecular complexity index is 242. The largest absolute Gasteiger partial charge is 0.388 e. The van der Waals surface area contributed by atoms with Crippen LogP contribution in [-0.4, -0.2) is 87.4 Å². The van der Waals surface area contributed by atoms with Crippen LogP contribution in [0.1, 0.15) is 0 Å². The molecule has 0 aromatic rings. The van der Waals surface area contributed by atoms with Gasteiger partial charge in [0.2, 0.25) is 0 Å². The van der Waals surface area contributed by atoms with E-state index >= 15 is 0 Å². The van der Waals surface area contributed by atoms with E-state index in [1.807, 2.05) is 4.90 Å². The molecular formula is C10H19Cl2NO5. The van der Waals surface area contributed by atoms with Gasteiger partial charge in [0.15, 0.2) is 6.29 Å². The SMILES string of the molecule is OC1O[C@H](CN(CCCl)CCCl)[C@H](O)[C@H](O)[C@H]1O. The van der Waals surface area contributed by atoms with Crippen LogP contribution >= 0.6 is 23.2 Å². The highest BCUT2D eigenvalue weighted by Crippen LogP contribution is 2.20. The van der Waals surface area contributed by atoms with Crippen molar-refractivity contribution in [2.75, 3.05) is 31.4 Å². The van der Waals surface area contributed by atoms with Gasteiger partial charge < -0.3 is 25.2 Å². The van der Waals surface area contributed by atoms with E-state index in [0.29, 0.717) is 24.8 Å². The Morgan fingerprint density at radius 1 is 0.889 bits per heavy atom. The van der Waals surface area contributed by atoms with Crippen molar-refractivity contribution in [1.82, 2.24) is 4.90 Å². The molecule has 0 spiro atoms. The van der Waals surface area contributed by atoms with E-state index in [1.165, 1.54) is 0 Å². The molecule has 1 saturated heterocycles. The molecule has 0 aromatic carbocycles. The highest BCUT2D eigenvalue weighted by Gasteiger charge is 2.43. The second-order valence-corrected chi connectivity index (χ2v) is 4.97. The lowest BCUT2D eigenvalue weighted by Crippen LogP contribution is -2.60. The number of alkyl halides is 2. The van der Waals surface area contributed by atoms with Gasteiger partial charge in [-0.1, -0.05) is 0 Å². The first kappa shape index (κ1) is 16.4. The zero-order valence-corrected chi connectivity index (χ0v) is 11.3. The van der Waals surface area contributed by atoms with Crippen molar-refractivity contribution in [3.05, 3.63) is 0 Å². The summed E-state index contributed by atoms with van der Waals surface area (Å²) in [7, 11) is 0. The lowest BCUT2D eigenvalue weighted by molar-refractivity contribution is -0.283. The minimum Gasteiger partial charge on any atom is -0.388 e. The second kappa shape index (κ2) is 7.81. The van der Waals surface area contributed by atoms with Crippen LogP contribution in [0.3, 0.4) is 0 Å². The third-order valence-corrected chi connectivity index (χ3v) is 3.26. The molecule has 8 heteroatoms. The van der Waals surface area contributed by atoms with Crippen LogP contribution in [-0.2, 0) is 4.74 Å². The predicted molar refractivity (Wildman–Crippen MR) is 66.8 cm³/mol. The highest BCUT2D eigenvalue weighted by atomic mass is 35.5. The summed E-state index contributed by atoms with van der Waals surface area (Å²) in [5.74, 6) is 0.793. The summed E-state index contributed by atoms with van der Waals surface area (Å²) < 4.78 is 5.07. The topological polar surface area (TPSA) is 93.4 Å². The molecule has 5 atom stereocenters. The Morgan fingerprint density at radius 3 is 1.94 bits per heavy atom. The summed E-state index contributed by atoms with van der Waals surface area (Å²) in [4.78, 5) is 1.85. The first-order valence-corrected chi connectivity index (χ1v) is 6.80. The summed E-state index contributed by atoms with van der Waals surface area (Å²) in [6.45, 7) is 1.37. The smallest absolute Gasteiger partial charge is 0.184 e. The zero-order valence-electron chi connectivity index (χ0n) is 9.82. The van der Waals surface area contributed by atoms with E-state index in [2.05, 4.69) is 0 Å². The molecule has 0 radical (unpaired) electrons. The Labute approximate surface area is 116 Å². The summed E-state index contributed by atoms with van der Waals surface area (Å²) >= 11 is 11.3. The van der Waals surface area contributed by atoms with Gasteiger partial charge in [0, 0.05) is 31.4 Å². The van der Waals surface area contributed by atoms with Crippen LogP contribution < -0.4 is 0 Å². The van der Waals surface area contributed by atoms with E-state index in [1.54, 1.807) is 0 Å². The van der Waals surface area contributed by atoms with Crippen molar-refractivity contribution < 1.29 is 25.2 Å². The Morgan fingerprint density at radius 2 is 1.44 bits per heavy atom. The van der Waals surface area contributed by atoms with E-state index in [9.17, 15) is 20.4 Å². The van der Waals surface area contributed by atoms with Crippen LogP contribution in [0.15, 0.2) is 0 Å². The Hall–Kier alpha value is 0.340. The summed E-state index contributed by atoms with van der Waals surface area (Å²) in [5.41, 5.74) is 0. The molecule has 18 heavy (non-hydrogen) atoms. The monoisotopic (exact) mass is 303 g/mol. The van der Waals surface area contributed by atoms with Crippen molar-refractivity contribution in [3.8, 4) is 0 Å². The molecule has 0 aliphatic carbocycles. The maximum atomic E-state index is 9.77. The number of aliphatic hydroxyl groups is 4. The molecule has 4 N–H and O–H groups in total. The number of ether oxygens (including phenoxy) is 1. The van der Waals surface area contributed by atoms with Crippen LogP contribution in [0.2, 0.25) is 0 Å². The molecule has 0 bridgehead atoms. The molecule has 1 unspecified atom stereocenters. The summed E-state index contributed by atoms with van der Waals surface area (Å²) in [6.07, 6.45) is -6.53. The summed E-state index contributed by atoms with van der Waals surface area (Å²) in [6, 6.07) is 0. The van der Waals surface area contributed by atoms with Crippen molar-refractivity contribution >= 4 is 23.2 Å². The Balaban J connectivity index is 2.58. The molecule has 6 nitrogen and oxygen atoms in total. The van der Waals surface area contributed by atoms with E-state index in [0.717, 1.165) is 0 Å². The van der Waals surface area contributed by atoms with Crippen molar-refractivity contribution in [1.29, 1.82) is 0 Å². The molecule has 1 aliphatic rings. The second-order valence-electron chi connectivity index (χ2n) is 4.22. The first-order valence-electron chi connectivity index (χ1n) is 5.73. The van der Waals surface area contributed by atoms with Gasteiger partial charge in [-0.15, -0.1) is 23.2 Å². The lowest BCUT2D eigenvalue weighted by atomic mass is 9.98. The molecule has 0 aromatic heterocycles. The fraction of sp³-hybridized carbons (Fsp3) is 1.00. The standard InChI is InChI=1S/C10H19Cl2NO5/c11-1-3-13(4-2-12)5-6-7(14)8(15)9(16)10(17)18-6/h6-10,14-17H,1-5H2/t6-,7+,8+,9-,10?/m1/s1. The van der Waals surface area contributed by atoms with Crippen molar-refractivity contribution in [2.45, 2.75) is 30.7 Å².